The second kappa shape index (κ2) is 8.65. The number of hydrogen-bond acceptors (Lipinski definition) is 7. The summed E-state index contributed by atoms with van der Waals surface area (Å²) in [5.74, 6) is -1.57. The molecule has 11 nitrogen and oxygen atoms in total. The van der Waals surface area contributed by atoms with E-state index in [2.05, 4.69) is 25.3 Å². The van der Waals surface area contributed by atoms with E-state index >= 15 is 0 Å². The van der Waals surface area contributed by atoms with Gasteiger partial charge in [0, 0.05) is 11.3 Å². The van der Waals surface area contributed by atoms with E-state index in [4.69, 9.17) is 5.73 Å². The number of aromatic nitrogens is 5. The SMILES string of the molecule is NC(=O)c1ccc(NC(=O)Cn2cnc3c(nnn3-c3ccc(OC(F)(F)F)cc3)c2=O)cc1. The molecule has 0 spiro atoms. The predicted octanol–water partition coefficient (Wildman–Crippen LogP) is 1.61. The maximum Gasteiger partial charge on any atom is 0.573 e. The first-order valence-electron chi connectivity index (χ1n) is 9.47. The first kappa shape index (κ1) is 22.4. The van der Waals surface area contributed by atoms with Crippen molar-refractivity contribution >= 4 is 28.7 Å². The molecule has 2 amide bonds. The van der Waals surface area contributed by atoms with Gasteiger partial charge in [-0.05, 0) is 48.5 Å². The Kier molecular flexibility index (Phi) is 5.71. The van der Waals surface area contributed by atoms with Crippen molar-refractivity contribution in [1.82, 2.24) is 24.5 Å². The summed E-state index contributed by atoms with van der Waals surface area (Å²) in [7, 11) is 0. The Bertz CT molecular complexity index is 1430. The standard InChI is InChI=1S/C20H14F3N7O4/c21-20(22,23)34-14-7-5-13(6-8-14)30-18-16(27-28-30)19(33)29(10-25-18)9-15(31)26-12-3-1-11(2-4-12)17(24)32/h1-8,10H,9H2,(H2,24,32)(H,26,31). The molecule has 174 valence electrons. The molecule has 0 saturated heterocycles. The average Bonchev–Trinajstić information content (AvgIpc) is 3.20. The number of benzene rings is 2. The molecule has 2 aromatic carbocycles. The fourth-order valence-corrected chi connectivity index (χ4v) is 2.99. The molecule has 0 unspecified atom stereocenters. The van der Waals surface area contributed by atoms with E-state index in [1.807, 2.05) is 0 Å². The number of fused-ring (bicyclic) bond motifs is 1. The zero-order valence-electron chi connectivity index (χ0n) is 17.0. The van der Waals surface area contributed by atoms with Crippen molar-refractivity contribution in [1.29, 1.82) is 0 Å². The molecule has 0 fully saturated rings. The third kappa shape index (κ3) is 4.85. The minimum atomic E-state index is -4.83. The lowest BCUT2D eigenvalue weighted by Gasteiger charge is -2.09. The Balaban J connectivity index is 1.52. The van der Waals surface area contributed by atoms with Crippen molar-refractivity contribution in [3.8, 4) is 11.4 Å². The van der Waals surface area contributed by atoms with Crippen LogP contribution in [0.5, 0.6) is 5.75 Å². The lowest BCUT2D eigenvalue weighted by molar-refractivity contribution is -0.274. The number of ether oxygens (including phenoxy) is 1. The Labute approximate surface area is 187 Å². The number of anilines is 1. The number of amides is 2. The highest BCUT2D eigenvalue weighted by Gasteiger charge is 2.31. The van der Waals surface area contributed by atoms with Gasteiger partial charge in [0.1, 0.15) is 18.6 Å². The summed E-state index contributed by atoms with van der Waals surface area (Å²) < 4.78 is 43.0. The zero-order chi connectivity index (χ0) is 24.5. The summed E-state index contributed by atoms with van der Waals surface area (Å²) in [5.41, 5.74) is 5.38. The second-order valence-electron chi connectivity index (χ2n) is 6.88. The maximum atomic E-state index is 12.7. The van der Waals surface area contributed by atoms with Gasteiger partial charge in [-0.25, -0.2) is 4.98 Å². The third-order valence-corrected chi connectivity index (χ3v) is 4.51. The number of rotatable bonds is 6. The van der Waals surface area contributed by atoms with Crippen LogP contribution < -0.4 is 21.3 Å². The number of halogens is 3. The highest BCUT2D eigenvalue weighted by molar-refractivity contribution is 5.94. The van der Waals surface area contributed by atoms with Crippen molar-refractivity contribution in [2.24, 2.45) is 5.73 Å². The third-order valence-electron chi connectivity index (χ3n) is 4.51. The zero-order valence-corrected chi connectivity index (χ0v) is 17.0. The van der Waals surface area contributed by atoms with Gasteiger partial charge in [0.15, 0.2) is 11.2 Å². The molecule has 3 N–H and O–H groups in total. The molecular formula is C20H14F3N7O4. The second-order valence-corrected chi connectivity index (χ2v) is 6.88. The van der Waals surface area contributed by atoms with Crippen molar-refractivity contribution in [2.45, 2.75) is 12.9 Å². The molecule has 2 aromatic heterocycles. The highest BCUT2D eigenvalue weighted by Crippen LogP contribution is 2.24. The molecule has 2 heterocycles. The van der Waals surface area contributed by atoms with Crippen molar-refractivity contribution < 1.29 is 27.5 Å². The molecule has 0 atom stereocenters. The Morgan fingerprint density at radius 2 is 1.74 bits per heavy atom. The Morgan fingerprint density at radius 3 is 2.35 bits per heavy atom. The van der Waals surface area contributed by atoms with E-state index in [1.54, 1.807) is 0 Å². The van der Waals surface area contributed by atoms with Crippen LogP contribution in [0.1, 0.15) is 10.4 Å². The quantitative estimate of drug-likeness (QED) is 0.432. The van der Waals surface area contributed by atoms with Gasteiger partial charge in [-0.1, -0.05) is 5.21 Å². The lowest BCUT2D eigenvalue weighted by Crippen LogP contribution is -2.28. The first-order chi connectivity index (χ1) is 16.1. The summed E-state index contributed by atoms with van der Waals surface area (Å²) in [5, 5.41) is 10.2. The van der Waals surface area contributed by atoms with Gasteiger partial charge in [-0.3, -0.25) is 19.0 Å². The molecule has 0 aliphatic heterocycles. The van der Waals surface area contributed by atoms with Crippen LogP contribution in [0.25, 0.3) is 16.9 Å². The fourth-order valence-electron chi connectivity index (χ4n) is 2.99. The number of carbonyl (C=O) groups excluding carboxylic acids is 2. The topological polar surface area (TPSA) is 147 Å². The van der Waals surface area contributed by atoms with Gasteiger partial charge in [0.25, 0.3) is 5.56 Å². The maximum absolute atomic E-state index is 12.7. The van der Waals surface area contributed by atoms with E-state index in [0.29, 0.717) is 11.4 Å². The van der Waals surface area contributed by atoms with E-state index in [9.17, 15) is 27.6 Å². The monoisotopic (exact) mass is 473 g/mol. The average molecular weight is 473 g/mol. The minimum absolute atomic E-state index is 0.0492. The van der Waals surface area contributed by atoms with Crippen LogP contribution in [0.15, 0.2) is 59.7 Å². The molecule has 4 rings (SSSR count). The number of hydrogen-bond donors (Lipinski definition) is 2. The van der Waals surface area contributed by atoms with Crippen LogP contribution in [0.4, 0.5) is 18.9 Å². The summed E-state index contributed by atoms with van der Waals surface area (Å²) in [6.45, 7) is -0.379. The van der Waals surface area contributed by atoms with Crippen LogP contribution >= 0.6 is 0 Å². The molecule has 0 radical (unpaired) electrons. The fraction of sp³-hybridized carbons (Fsp3) is 0.100. The molecule has 0 aliphatic carbocycles. The first-order valence-corrected chi connectivity index (χ1v) is 9.47. The van der Waals surface area contributed by atoms with Gasteiger partial charge in [-0.2, -0.15) is 4.68 Å². The van der Waals surface area contributed by atoms with Gasteiger partial charge in [0.2, 0.25) is 11.8 Å². The van der Waals surface area contributed by atoms with E-state index < -0.39 is 29.5 Å². The summed E-state index contributed by atoms with van der Waals surface area (Å²) in [4.78, 5) is 40.3. The van der Waals surface area contributed by atoms with Gasteiger partial charge < -0.3 is 15.8 Å². The highest BCUT2D eigenvalue weighted by atomic mass is 19.4. The van der Waals surface area contributed by atoms with Gasteiger partial charge >= 0.3 is 6.36 Å². The van der Waals surface area contributed by atoms with Crippen LogP contribution in [-0.2, 0) is 11.3 Å². The molecule has 34 heavy (non-hydrogen) atoms. The van der Waals surface area contributed by atoms with E-state index in [1.165, 1.54) is 41.1 Å². The van der Waals surface area contributed by atoms with Crippen molar-refractivity contribution in [2.75, 3.05) is 5.32 Å². The van der Waals surface area contributed by atoms with Crippen LogP contribution in [0.3, 0.4) is 0 Å². The van der Waals surface area contributed by atoms with Crippen LogP contribution in [0.2, 0.25) is 0 Å². The smallest absolute Gasteiger partial charge is 0.406 e. The number of primary amides is 1. The number of carbonyl (C=O) groups is 2. The van der Waals surface area contributed by atoms with Crippen molar-refractivity contribution in [3.63, 3.8) is 0 Å². The Morgan fingerprint density at radius 1 is 1.06 bits per heavy atom. The number of nitrogens with two attached hydrogens (primary N) is 1. The Hall–Kier alpha value is -4.75. The van der Waals surface area contributed by atoms with Gasteiger partial charge in [-0.15, -0.1) is 18.3 Å². The molecule has 0 bridgehead atoms. The summed E-state index contributed by atoms with van der Waals surface area (Å²) in [6.07, 6.45) is -3.70. The summed E-state index contributed by atoms with van der Waals surface area (Å²) in [6, 6.07) is 10.6. The van der Waals surface area contributed by atoms with E-state index in [0.717, 1.165) is 23.0 Å². The number of alkyl halides is 3. The normalized spacial score (nSPS) is 11.4. The largest absolute Gasteiger partial charge is 0.573 e. The molecule has 0 aliphatic rings. The number of nitrogens with one attached hydrogen (secondary N) is 1. The van der Waals surface area contributed by atoms with Crippen LogP contribution in [0, 0.1) is 0 Å². The van der Waals surface area contributed by atoms with Crippen molar-refractivity contribution in [3.05, 3.63) is 70.8 Å². The minimum Gasteiger partial charge on any atom is -0.406 e. The van der Waals surface area contributed by atoms with E-state index in [-0.39, 0.29) is 23.3 Å². The molecular weight excluding hydrogens is 459 g/mol. The van der Waals surface area contributed by atoms with Crippen LogP contribution in [-0.4, -0.2) is 42.7 Å². The molecule has 0 saturated carbocycles. The molecule has 14 heteroatoms. The predicted molar refractivity (Wildman–Crippen MR) is 111 cm³/mol. The van der Waals surface area contributed by atoms with Gasteiger partial charge in [0.05, 0.1) is 5.69 Å². The summed E-state index contributed by atoms with van der Waals surface area (Å²) >= 11 is 0. The number of nitrogens with zero attached hydrogens (tertiary/aromatic N) is 5. The molecule has 4 aromatic rings. The lowest BCUT2D eigenvalue weighted by atomic mass is 10.2.